The van der Waals surface area contributed by atoms with Crippen LogP contribution in [0.4, 0.5) is 5.69 Å². The number of amides is 2. The number of hydrogen-bond donors (Lipinski definition) is 1. The van der Waals surface area contributed by atoms with E-state index in [0.717, 1.165) is 56.0 Å². The summed E-state index contributed by atoms with van der Waals surface area (Å²) in [4.78, 5) is 29.8. The third kappa shape index (κ3) is 5.69. The minimum absolute atomic E-state index is 0.0201. The number of ether oxygens (including phenoxy) is 1. The summed E-state index contributed by atoms with van der Waals surface area (Å²) in [5.74, 6) is 1.91. The molecule has 186 valence electrons. The van der Waals surface area contributed by atoms with Crippen molar-refractivity contribution < 1.29 is 14.3 Å². The fourth-order valence-electron chi connectivity index (χ4n) is 5.89. The molecule has 2 aromatic carbocycles. The van der Waals surface area contributed by atoms with Crippen LogP contribution in [0, 0.1) is 5.92 Å². The molecule has 6 nitrogen and oxygen atoms in total. The molecule has 1 N–H and O–H groups in total. The van der Waals surface area contributed by atoms with E-state index in [4.69, 9.17) is 4.74 Å². The van der Waals surface area contributed by atoms with Crippen molar-refractivity contribution in [2.75, 3.05) is 44.2 Å². The molecule has 35 heavy (non-hydrogen) atoms. The quantitative estimate of drug-likeness (QED) is 0.636. The Morgan fingerprint density at radius 3 is 2.49 bits per heavy atom. The Morgan fingerprint density at radius 1 is 0.914 bits per heavy atom. The molecule has 1 saturated carbocycles. The summed E-state index contributed by atoms with van der Waals surface area (Å²) < 4.78 is 5.57. The Hall–Kier alpha value is -2.86. The number of anilines is 1. The lowest BCUT2D eigenvalue weighted by atomic mass is 9.86. The third-order valence-electron chi connectivity index (χ3n) is 7.96. The van der Waals surface area contributed by atoms with Crippen molar-refractivity contribution in [3.8, 4) is 5.75 Å². The van der Waals surface area contributed by atoms with Gasteiger partial charge in [0.1, 0.15) is 5.75 Å². The predicted molar refractivity (Wildman–Crippen MR) is 138 cm³/mol. The van der Waals surface area contributed by atoms with E-state index in [9.17, 15) is 9.59 Å². The highest BCUT2D eigenvalue weighted by Gasteiger charge is 2.28. The van der Waals surface area contributed by atoms with Crippen molar-refractivity contribution in [3.63, 3.8) is 0 Å². The molecule has 0 unspecified atom stereocenters. The fourth-order valence-corrected chi connectivity index (χ4v) is 5.89. The van der Waals surface area contributed by atoms with Crippen molar-refractivity contribution in [1.82, 2.24) is 10.2 Å². The number of fused-ring (bicyclic) bond motifs is 1. The summed E-state index contributed by atoms with van der Waals surface area (Å²) in [7, 11) is 0. The monoisotopic (exact) mass is 475 g/mol. The van der Waals surface area contributed by atoms with E-state index in [0.29, 0.717) is 18.4 Å². The van der Waals surface area contributed by atoms with Gasteiger partial charge in [0, 0.05) is 25.2 Å². The lowest BCUT2D eigenvalue weighted by Gasteiger charge is -2.35. The average Bonchev–Trinajstić information content (AvgIpc) is 2.92. The largest absolute Gasteiger partial charge is 0.482 e. The molecular formula is C29H37N3O3. The molecule has 0 bridgehead atoms. The van der Waals surface area contributed by atoms with Gasteiger partial charge in [0.2, 0.25) is 0 Å². The van der Waals surface area contributed by atoms with Crippen LogP contribution < -0.4 is 15.0 Å². The highest BCUT2D eigenvalue weighted by Crippen LogP contribution is 2.33. The maximum absolute atomic E-state index is 13.1. The highest BCUT2D eigenvalue weighted by atomic mass is 16.5. The van der Waals surface area contributed by atoms with E-state index in [-0.39, 0.29) is 18.4 Å². The van der Waals surface area contributed by atoms with Crippen molar-refractivity contribution in [2.45, 2.75) is 50.9 Å². The first-order valence-electron chi connectivity index (χ1n) is 13.3. The maximum Gasteiger partial charge on any atom is 0.265 e. The lowest BCUT2D eigenvalue weighted by Crippen LogP contribution is -2.45. The molecule has 1 saturated heterocycles. The number of para-hydroxylation sites is 2. The molecule has 3 aliphatic rings. The van der Waals surface area contributed by atoms with Gasteiger partial charge in [-0.2, -0.15) is 0 Å². The number of nitrogens with zero attached hydrogens (tertiary/aromatic N) is 2. The summed E-state index contributed by atoms with van der Waals surface area (Å²) in [5, 5.41) is 3.23. The SMILES string of the molecule is O=C(NCC1CCCCC1)c1ccccc1C1CCN(CCN2C(=O)COc3ccccc32)CC1. The van der Waals surface area contributed by atoms with E-state index < -0.39 is 0 Å². The van der Waals surface area contributed by atoms with Gasteiger partial charge in [-0.1, -0.05) is 49.6 Å². The second-order valence-corrected chi connectivity index (χ2v) is 10.2. The third-order valence-corrected chi connectivity index (χ3v) is 7.96. The maximum atomic E-state index is 13.1. The van der Waals surface area contributed by atoms with Crippen molar-refractivity contribution >= 4 is 17.5 Å². The van der Waals surface area contributed by atoms with E-state index in [1.807, 2.05) is 41.3 Å². The molecule has 5 rings (SSSR count). The molecule has 2 heterocycles. The molecule has 0 aromatic heterocycles. The molecule has 0 spiro atoms. The van der Waals surface area contributed by atoms with Crippen molar-refractivity contribution in [3.05, 3.63) is 59.7 Å². The Bertz CT molecular complexity index is 1030. The van der Waals surface area contributed by atoms with Gasteiger partial charge >= 0.3 is 0 Å². The van der Waals surface area contributed by atoms with Crippen LogP contribution in [-0.4, -0.2) is 56.0 Å². The zero-order valence-corrected chi connectivity index (χ0v) is 20.6. The van der Waals surface area contributed by atoms with E-state index in [1.54, 1.807) is 0 Å². The van der Waals surface area contributed by atoms with E-state index >= 15 is 0 Å². The Balaban J connectivity index is 1.15. The molecular weight excluding hydrogens is 438 g/mol. The molecule has 6 heteroatoms. The zero-order chi connectivity index (χ0) is 24.0. The number of benzene rings is 2. The number of hydrogen-bond acceptors (Lipinski definition) is 4. The van der Waals surface area contributed by atoms with Crippen LogP contribution in [-0.2, 0) is 4.79 Å². The first kappa shape index (κ1) is 23.9. The normalized spacial score (nSPS) is 19.8. The second kappa shape index (κ2) is 11.3. The smallest absolute Gasteiger partial charge is 0.265 e. The van der Waals surface area contributed by atoms with Crippen LogP contribution in [0.3, 0.4) is 0 Å². The Kier molecular flexibility index (Phi) is 7.67. The van der Waals surface area contributed by atoms with Crippen molar-refractivity contribution in [2.24, 2.45) is 5.92 Å². The number of carbonyl (C=O) groups is 2. The first-order chi connectivity index (χ1) is 17.2. The van der Waals surface area contributed by atoms with E-state index in [2.05, 4.69) is 22.3 Å². The number of piperidine rings is 1. The van der Waals surface area contributed by atoms with Crippen LogP contribution in [0.25, 0.3) is 0 Å². The second-order valence-electron chi connectivity index (χ2n) is 10.2. The van der Waals surface area contributed by atoms with Gasteiger partial charge in [-0.05, 0) is 74.4 Å². The average molecular weight is 476 g/mol. The molecule has 1 aliphatic carbocycles. The standard InChI is InChI=1S/C29H37N3O3/c33-28-21-35-27-13-7-6-12-26(27)32(28)19-18-31-16-14-23(15-17-31)24-10-4-5-11-25(24)29(34)30-20-22-8-2-1-3-9-22/h4-7,10-13,22-23H,1-3,8-9,14-21H2,(H,30,34). The van der Waals surface area contributed by atoms with E-state index in [1.165, 1.54) is 37.7 Å². The van der Waals surface area contributed by atoms with Crippen molar-refractivity contribution in [1.29, 1.82) is 0 Å². The predicted octanol–water partition coefficient (Wildman–Crippen LogP) is 4.60. The molecule has 2 amide bonds. The number of nitrogens with one attached hydrogen (secondary N) is 1. The fraction of sp³-hybridized carbons (Fsp3) is 0.517. The summed E-state index contributed by atoms with van der Waals surface area (Å²) >= 11 is 0. The van der Waals surface area contributed by atoms with Crippen LogP contribution in [0.1, 0.15) is 66.8 Å². The molecule has 2 aliphatic heterocycles. The number of likely N-dealkylation sites (tertiary alicyclic amines) is 1. The summed E-state index contributed by atoms with van der Waals surface area (Å²) in [6, 6.07) is 15.9. The minimum atomic E-state index is 0.0201. The van der Waals surface area contributed by atoms with Gasteiger partial charge < -0.3 is 19.9 Å². The highest BCUT2D eigenvalue weighted by molar-refractivity contribution is 5.97. The summed E-state index contributed by atoms with van der Waals surface area (Å²) in [6.45, 7) is 4.37. The lowest BCUT2D eigenvalue weighted by molar-refractivity contribution is -0.121. The Morgan fingerprint density at radius 2 is 1.66 bits per heavy atom. The van der Waals surface area contributed by atoms with Crippen LogP contribution in [0.2, 0.25) is 0 Å². The first-order valence-corrected chi connectivity index (χ1v) is 13.3. The molecule has 2 aromatic rings. The van der Waals surface area contributed by atoms with Gasteiger partial charge in [-0.3, -0.25) is 9.59 Å². The van der Waals surface area contributed by atoms with Crippen LogP contribution >= 0.6 is 0 Å². The zero-order valence-electron chi connectivity index (χ0n) is 20.6. The van der Waals surface area contributed by atoms with Gasteiger partial charge in [0.15, 0.2) is 6.61 Å². The van der Waals surface area contributed by atoms with Gasteiger partial charge in [0.25, 0.3) is 11.8 Å². The molecule has 2 fully saturated rings. The van der Waals surface area contributed by atoms with Gasteiger partial charge in [0.05, 0.1) is 5.69 Å². The topological polar surface area (TPSA) is 61.9 Å². The molecule has 0 atom stereocenters. The summed E-state index contributed by atoms with van der Waals surface area (Å²) in [6.07, 6.45) is 8.46. The Labute approximate surface area is 208 Å². The molecule has 0 radical (unpaired) electrons. The van der Waals surface area contributed by atoms with Gasteiger partial charge in [-0.25, -0.2) is 0 Å². The van der Waals surface area contributed by atoms with Crippen LogP contribution in [0.15, 0.2) is 48.5 Å². The minimum Gasteiger partial charge on any atom is -0.482 e. The number of rotatable bonds is 7. The van der Waals surface area contributed by atoms with Crippen LogP contribution in [0.5, 0.6) is 5.75 Å². The number of carbonyl (C=O) groups excluding carboxylic acids is 2. The summed E-state index contributed by atoms with van der Waals surface area (Å²) in [5.41, 5.74) is 2.90. The van der Waals surface area contributed by atoms with Gasteiger partial charge in [-0.15, -0.1) is 0 Å².